The van der Waals surface area contributed by atoms with Crippen LogP contribution in [0.5, 0.6) is 0 Å². The Balaban J connectivity index is 1.88. The molecule has 1 N–H and O–H groups in total. The normalized spacial score (nSPS) is 17.4. The number of likely N-dealkylation sites (tertiary alicyclic amines) is 1. The number of fused-ring (bicyclic) bond motifs is 1. The molecule has 1 saturated heterocycles. The van der Waals surface area contributed by atoms with Crippen molar-refractivity contribution in [2.45, 2.75) is 32.5 Å². The van der Waals surface area contributed by atoms with Crippen molar-refractivity contribution in [2.75, 3.05) is 20.1 Å². The first-order chi connectivity index (χ1) is 10.2. The summed E-state index contributed by atoms with van der Waals surface area (Å²) in [7, 11) is 2.02. The van der Waals surface area contributed by atoms with E-state index in [1.807, 2.05) is 36.7 Å². The van der Waals surface area contributed by atoms with Gasteiger partial charge in [0.1, 0.15) is 0 Å². The standard InChI is InChI=1S/C16H22N4O/c1-12-3-4-14-15(9-12)20(16(21)10-18-14)11-19-7-5-13(17-2)6-8-19/h3-4,9-10,13,17H,5-8,11H2,1-2H3. The van der Waals surface area contributed by atoms with Crippen molar-refractivity contribution in [1.82, 2.24) is 19.8 Å². The van der Waals surface area contributed by atoms with E-state index in [0.717, 1.165) is 42.5 Å². The van der Waals surface area contributed by atoms with E-state index in [0.29, 0.717) is 12.7 Å². The molecule has 1 aliphatic rings. The molecule has 0 bridgehead atoms. The molecular weight excluding hydrogens is 264 g/mol. The molecule has 0 radical (unpaired) electrons. The summed E-state index contributed by atoms with van der Waals surface area (Å²) in [6, 6.07) is 6.66. The molecule has 2 heterocycles. The first-order valence-corrected chi connectivity index (χ1v) is 7.53. The Hall–Kier alpha value is -1.72. The summed E-state index contributed by atoms with van der Waals surface area (Å²) >= 11 is 0. The predicted molar refractivity (Wildman–Crippen MR) is 84.4 cm³/mol. The fourth-order valence-corrected chi connectivity index (χ4v) is 2.98. The van der Waals surface area contributed by atoms with Gasteiger partial charge in [0.2, 0.25) is 0 Å². The van der Waals surface area contributed by atoms with E-state index in [1.54, 1.807) is 0 Å². The minimum absolute atomic E-state index is 0.0242. The van der Waals surface area contributed by atoms with Crippen molar-refractivity contribution < 1.29 is 0 Å². The average Bonchev–Trinajstić information content (AvgIpc) is 2.51. The van der Waals surface area contributed by atoms with E-state index in [2.05, 4.69) is 15.2 Å². The summed E-state index contributed by atoms with van der Waals surface area (Å²) in [5, 5.41) is 3.33. The Labute approximate surface area is 124 Å². The van der Waals surface area contributed by atoms with Crippen molar-refractivity contribution in [3.05, 3.63) is 40.3 Å². The fourth-order valence-electron chi connectivity index (χ4n) is 2.98. The Morgan fingerprint density at radius 1 is 1.33 bits per heavy atom. The van der Waals surface area contributed by atoms with Gasteiger partial charge in [0.25, 0.3) is 5.56 Å². The lowest BCUT2D eigenvalue weighted by molar-refractivity contribution is 0.162. The lowest BCUT2D eigenvalue weighted by atomic mass is 10.1. The van der Waals surface area contributed by atoms with E-state index in [-0.39, 0.29) is 5.56 Å². The van der Waals surface area contributed by atoms with Crippen LogP contribution in [-0.4, -0.2) is 40.6 Å². The zero-order chi connectivity index (χ0) is 14.8. The monoisotopic (exact) mass is 286 g/mol. The molecule has 0 spiro atoms. The topological polar surface area (TPSA) is 50.2 Å². The van der Waals surface area contributed by atoms with Crippen LogP contribution >= 0.6 is 0 Å². The molecule has 112 valence electrons. The summed E-state index contributed by atoms with van der Waals surface area (Å²) in [6.07, 6.45) is 3.69. The number of aryl methyl sites for hydroxylation is 1. The number of rotatable bonds is 3. The minimum atomic E-state index is -0.0242. The summed E-state index contributed by atoms with van der Waals surface area (Å²) in [5.74, 6) is 0. The Morgan fingerprint density at radius 2 is 2.10 bits per heavy atom. The van der Waals surface area contributed by atoms with E-state index in [1.165, 1.54) is 6.20 Å². The van der Waals surface area contributed by atoms with Crippen LogP contribution in [0.15, 0.2) is 29.2 Å². The molecule has 1 fully saturated rings. The van der Waals surface area contributed by atoms with Crippen LogP contribution < -0.4 is 10.9 Å². The summed E-state index contributed by atoms with van der Waals surface area (Å²) in [5.41, 5.74) is 2.94. The summed E-state index contributed by atoms with van der Waals surface area (Å²) < 4.78 is 1.84. The minimum Gasteiger partial charge on any atom is -0.317 e. The number of nitrogens with one attached hydrogen (secondary N) is 1. The smallest absolute Gasteiger partial charge is 0.270 e. The lowest BCUT2D eigenvalue weighted by Gasteiger charge is -2.32. The van der Waals surface area contributed by atoms with E-state index < -0.39 is 0 Å². The molecule has 1 aromatic carbocycles. The molecule has 21 heavy (non-hydrogen) atoms. The maximum Gasteiger partial charge on any atom is 0.270 e. The molecule has 0 saturated carbocycles. The number of nitrogens with zero attached hydrogens (tertiary/aromatic N) is 3. The van der Waals surface area contributed by atoms with Crippen LogP contribution in [0.25, 0.3) is 11.0 Å². The summed E-state index contributed by atoms with van der Waals surface area (Å²) in [4.78, 5) is 18.8. The highest BCUT2D eigenvalue weighted by atomic mass is 16.1. The van der Waals surface area contributed by atoms with Gasteiger partial charge in [0.05, 0.1) is 23.9 Å². The zero-order valence-corrected chi connectivity index (χ0v) is 12.7. The van der Waals surface area contributed by atoms with Crippen molar-refractivity contribution in [3.8, 4) is 0 Å². The van der Waals surface area contributed by atoms with Gasteiger partial charge < -0.3 is 5.32 Å². The highest BCUT2D eigenvalue weighted by Gasteiger charge is 2.18. The third-order valence-electron chi connectivity index (χ3n) is 4.34. The molecule has 3 rings (SSSR count). The third-order valence-corrected chi connectivity index (χ3v) is 4.34. The van der Waals surface area contributed by atoms with Crippen LogP contribution in [0.4, 0.5) is 0 Å². The van der Waals surface area contributed by atoms with Gasteiger partial charge in [0.15, 0.2) is 0 Å². The van der Waals surface area contributed by atoms with E-state index in [9.17, 15) is 4.79 Å². The molecule has 0 atom stereocenters. The quantitative estimate of drug-likeness (QED) is 0.925. The molecular formula is C16H22N4O. The second-order valence-corrected chi connectivity index (χ2v) is 5.84. The van der Waals surface area contributed by atoms with Crippen LogP contribution in [0.1, 0.15) is 18.4 Å². The number of hydrogen-bond donors (Lipinski definition) is 1. The molecule has 5 heteroatoms. The van der Waals surface area contributed by atoms with Gasteiger partial charge in [-0.1, -0.05) is 6.07 Å². The van der Waals surface area contributed by atoms with Gasteiger partial charge >= 0.3 is 0 Å². The van der Waals surface area contributed by atoms with E-state index in [4.69, 9.17) is 0 Å². The fraction of sp³-hybridized carbons (Fsp3) is 0.500. The van der Waals surface area contributed by atoms with Crippen molar-refractivity contribution >= 4 is 11.0 Å². The van der Waals surface area contributed by atoms with Crippen LogP contribution in [0.2, 0.25) is 0 Å². The highest BCUT2D eigenvalue weighted by Crippen LogP contribution is 2.15. The number of piperidine rings is 1. The molecule has 0 amide bonds. The van der Waals surface area contributed by atoms with Gasteiger partial charge in [-0.15, -0.1) is 0 Å². The highest BCUT2D eigenvalue weighted by molar-refractivity contribution is 5.75. The summed E-state index contributed by atoms with van der Waals surface area (Å²) in [6.45, 7) is 4.73. The van der Waals surface area contributed by atoms with Crippen LogP contribution in [0, 0.1) is 6.92 Å². The number of benzene rings is 1. The number of aromatic nitrogens is 2. The SMILES string of the molecule is CNC1CCN(Cn2c(=O)cnc3ccc(C)cc32)CC1. The van der Waals surface area contributed by atoms with Gasteiger partial charge in [-0.25, -0.2) is 4.98 Å². The molecule has 0 aliphatic carbocycles. The maximum absolute atomic E-state index is 12.2. The Bertz CT molecular complexity index is 686. The first kappa shape index (κ1) is 14.2. The van der Waals surface area contributed by atoms with E-state index >= 15 is 0 Å². The van der Waals surface area contributed by atoms with Crippen LogP contribution in [0.3, 0.4) is 0 Å². The van der Waals surface area contributed by atoms with Gasteiger partial charge in [-0.3, -0.25) is 14.3 Å². The second-order valence-electron chi connectivity index (χ2n) is 5.84. The first-order valence-electron chi connectivity index (χ1n) is 7.53. The van der Waals surface area contributed by atoms with Crippen molar-refractivity contribution in [2.24, 2.45) is 0 Å². The van der Waals surface area contributed by atoms with Gasteiger partial charge in [-0.05, 0) is 44.5 Å². The Kier molecular flexibility index (Phi) is 4.03. The molecule has 1 aromatic heterocycles. The average molecular weight is 286 g/mol. The molecule has 5 nitrogen and oxygen atoms in total. The maximum atomic E-state index is 12.2. The third kappa shape index (κ3) is 2.99. The largest absolute Gasteiger partial charge is 0.317 e. The molecule has 1 aliphatic heterocycles. The van der Waals surface area contributed by atoms with Crippen molar-refractivity contribution in [3.63, 3.8) is 0 Å². The van der Waals surface area contributed by atoms with Gasteiger partial charge in [-0.2, -0.15) is 0 Å². The van der Waals surface area contributed by atoms with Gasteiger partial charge in [0, 0.05) is 19.1 Å². The lowest BCUT2D eigenvalue weighted by Crippen LogP contribution is -2.43. The molecule has 2 aromatic rings. The molecule has 0 unspecified atom stereocenters. The number of hydrogen-bond acceptors (Lipinski definition) is 4. The van der Waals surface area contributed by atoms with Crippen molar-refractivity contribution in [1.29, 1.82) is 0 Å². The van der Waals surface area contributed by atoms with Crippen LogP contribution in [-0.2, 0) is 6.67 Å². The predicted octanol–water partition coefficient (Wildman–Crippen LogP) is 1.35. The second kappa shape index (κ2) is 5.95. The zero-order valence-electron chi connectivity index (χ0n) is 12.7. The Morgan fingerprint density at radius 3 is 2.81 bits per heavy atom.